The van der Waals surface area contributed by atoms with Crippen molar-refractivity contribution in [1.29, 1.82) is 0 Å². The van der Waals surface area contributed by atoms with Crippen molar-refractivity contribution < 1.29 is 24.5 Å². The number of carbonyl (C=O) groups excluding carboxylic acids is 1. The summed E-state index contributed by atoms with van der Waals surface area (Å²) in [6.45, 7) is 7.45. The second-order valence-electron chi connectivity index (χ2n) is 15.5. The minimum Gasteiger partial charge on any atom is -0.496 e. The standard InChI is InChI=1S/C40H55N5O5/c1-28(2)45-26-32(25-42-45)31-13-20-41-36(24-31)44(37(47)30-7-10-34(11-8-30)43(38(48)49)21-5-6-22-46)27-39-14-17-40(18-15-39,19-16-39)33-9-12-35(50-4)29(3)23-33/h9,12-13,20,23-26,28,30,34,46H,5-8,10-11,14-19,21-22,27H2,1-4H3,(H,48,49). The summed E-state index contributed by atoms with van der Waals surface area (Å²) in [5.41, 5.74) is 4.78. The van der Waals surface area contributed by atoms with Gasteiger partial charge >= 0.3 is 6.09 Å². The molecule has 50 heavy (non-hydrogen) atoms. The van der Waals surface area contributed by atoms with Crippen LogP contribution >= 0.6 is 0 Å². The monoisotopic (exact) mass is 685 g/mol. The lowest BCUT2D eigenvalue weighted by Crippen LogP contribution is -2.52. The van der Waals surface area contributed by atoms with E-state index in [9.17, 15) is 19.8 Å². The number of fused-ring (bicyclic) bond motifs is 3. The zero-order chi connectivity index (χ0) is 35.5. The third-order valence-electron chi connectivity index (χ3n) is 12.2. The van der Waals surface area contributed by atoms with Gasteiger partial charge in [0.15, 0.2) is 0 Å². The first-order valence-corrected chi connectivity index (χ1v) is 18.6. The smallest absolute Gasteiger partial charge is 0.407 e. The number of rotatable bonds is 13. The maximum atomic E-state index is 14.7. The summed E-state index contributed by atoms with van der Waals surface area (Å²) in [4.78, 5) is 35.1. The molecule has 2 bridgehead atoms. The molecule has 1 aromatic carbocycles. The van der Waals surface area contributed by atoms with Gasteiger partial charge in [0.1, 0.15) is 11.6 Å². The lowest BCUT2D eigenvalue weighted by Gasteiger charge is -2.55. The van der Waals surface area contributed by atoms with Gasteiger partial charge in [-0.15, -0.1) is 0 Å². The maximum Gasteiger partial charge on any atom is 0.407 e. The van der Waals surface area contributed by atoms with Crippen molar-refractivity contribution in [1.82, 2.24) is 19.7 Å². The first-order valence-electron chi connectivity index (χ1n) is 18.6. The molecule has 2 heterocycles. The lowest BCUT2D eigenvalue weighted by atomic mass is 9.51. The molecule has 0 unspecified atom stereocenters. The summed E-state index contributed by atoms with van der Waals surface area (Å²) < 4.78 is 7.49. The third kappa shape index (κ3) is 7.41. The van der Waals surface area contributed by atoms with Gasteiger partial charge in [-0.3, -0.25) is 14.4 Å². The SMILES string of the molecule is COc1ccc(C23CCC(CN(C(=O)C4CCC(N(CCCCO)C(=O)O)CC4)c4cc(-c5cnn(C(C)C)c5)ccn4)(CC2)CC3)cc1C. The Bertz CT molecular complexity index is 1620. The van der Waals surface area contributed by atoms with Crippen molar-refractivity contribution in [2.45, 2.75) is 115 Å². The van der Waals surface area contributed by atoms with Gasteiger partial charge in [-0.1, -0.05) is 12.1 Å². The van der Waals surface area contributed by atoms with Crippen molar-refractivity contribution in [3.63, 3.8) is 0 Å². The summed E-state index contributed by atoms with van der Waals surface area (Å²) in [5, 5.41) is 23.7. The number of aromatic nitrogens is 3. The molecule has 0 aliphatic heterocycles. The average Bonchev–Trinajstić information content (AvgIpc) is 3.64. The van der Waals surface area contributed by atoms with E-state index in [0.717, 1.165) is 55.4 Å². The predicted octanol–water partition coefficient (Wildman–Crippen LogP) is 7.78. The lowest BCUT2D eigenvalue weighted by molar-refractivity contribution is -0.124. The summed E-state index contributed by atoms with van der Waals surface area (Å²) in [6.07, 6.45) is 15.2. The number of methoxy groups -OCH3 is 1. The molecule has 2 N–H and O–H groups in total. The van der Waals surface area contributed by atoms with Gasteiger partial charge in [0.05, 0.1) is 13.3 Å². The fourth-order valence-electron chi connectivity index (χ4n) is 8.95. The van der Waals surface area contributed by atoms with Crippen molar-refractivity contribution >= 4 is 17.8 Å². The fourth-order valence-corrected chi connectivity index (χ4v) is 8.95. The predicted molar refractivity (Wildman–Crippen MR) is 195 cm³/mol. The highest BCUT2D eigenvalue weighted by Gasteiger charge is 2.51. The Morgan fingerprint density at radius 1 is 1.00 bits per heavy atom. The molecule has 0 saturated heterocycles. The Labute approximate surface area is 296 Å². The van der Waals surface area contributed by atoms with Crippen LogP contribution in [-0.2, 0) is 10.2 Å². The van der Waals surface area contributed by atoms with Crippen molar-refractivity contribution in [2.75, 3.05) is 31.7 Å². The molecular formula is C40H55N5O5. The summed E-state index contributed by atoms with van der Waals surface area (Å²) in [5.74, 6) is 1.54. The second-order valence-corrected chi connectivity index (χ2v) is 15.5. The molecule has 10 heteroatoms. The first-order chi connectivity index (χ1) is 24.1. The fraction of sp³-hybridized carbons (Fsp3) is 0.600. The van der Waals surface area contributed by atoms with Crippen molar-refractivity contribution in [3.05, 3.63) is 60.0 Å². The number of amides is 2. The average molecular weight is 686 g/mol. The number of hydrogen-bond acceptors (Lipinski definition) is 6. The number of aliphatic hydroxyl groups excluding tert-OH is 1. The second kappa shape index (κ2) is 15.1. The number of ether oxygens (including phenoxy) is 1. The summed E-state index contributed by atoms with van der Waals surface area (Å²) >= 11 is 0. The van der Waals surface area contributed by atoms with Gasteiger partial charge in [0.25, 0.3) is 0 Å². The molecule has 4 aliphatic rings. The van der Waals surface area contributed by atoms with Crippen LogP contribution in [-0.4, -0.2) is 74.7 Å². The molecule has 4 saturated carbocycles. The van der Waals surface area contributed by atoms with Crippen molar-refractivity contribution in [3.8, 4) is 16.9 Å². The Hall–Kier alpha value is -3.92. The van der Waals surface area contributed by atoms with Crippen LogP contribution in [0.5, 0.6) is 5.75 Å². The number of anilines is 1. The highest BCUT2D eigenvalue weighted by atomic mass is 16.5. The van der Waals surface area contributed by atoms with E-state index >= 15 is 0 Å². The number of aliphatic hydroxyl groups is 1. The zero-order valence-electron chi connectivity index (χ0n) is 30.3. The van der Waals surface area contributed by atoms with E-state index in [2.05, 4.69) is 44.1 Å². The Morgan fingerprint density at radius 2 is 1.72 bits per heavy atom. The number of pyridine rings is 1. The first kappa shape index (κ1) is 35.9. The molecule has 0 spiro atoms. The van der Waals surface area contributed by atoms with Gasteiger partial charge in [0.2, 0.25) is 5.91 Å². The Morgan fingerprint density at radius 3 is 2.32 bits per heavy atom. The van der Waals surface area contributed by atoms with Crippen LogP contribution in [0.25, 0.3) is 11.1 Å². The van der Waals surface area contributed by atoms with Crippen LogP contribution in [0.3, 0.4) is 0 Å². The normalized spacial score (nSPS) is 24.7. The highest BCUT2D eigenvalue weighted by Crippen LogP contribution is 2.58. The zero-order valence-corrected chi connectivity index (χ0v) is 30.3. The number of carboxylic acid groups (broad SMARTS) is 1. The van der Waals surface area contributed by atoms with Crippen LogP contribution in [0.1, 0.15) is 108 Å². The number of benzene rings is 1. The third-order valence-corrected chi connectivity index (χ3v) is 12.2. The van der Waals surface area contributed by atoms with E-state index in [1.54, 1.807) is 7.11 Å². The molecule has 4 aliphatic carbocycles. The van der Waals surface area contributed by atoms with Crippen LogP contribution < -0.4 is 9.64 Å². The Kier molecular flexibility index (Phi) is 10.9. The molecule has 0 radical (unpaired) electrons. The summed E-state index contributed by atoms with van der Waals surface area (Å²) in [6, 6.07) is 10.9. The number of aryl methyl sites for hydroxylation is 1. The van der Waals surface area contributed by atoms with E-state index in [1.165, 1.54) is 16.0 Å². The Balaban J connectivity index is 1.23. The minimum atomic E-state index is -0.921. The van der Waals surface area contributed by atoms with Crippen LogP contribution in [0, 0.1) is 18.3 Å². The highest BCUT2D eigenvalue weighted by molar-refractivity contribution is 5.95. The molecule has 4 fully saturated rings. The van der Waals surface area contributed by atoms with E-state index in [1.807, 2.05) is 40.3 Å². The maximum absolute atomic E-state index is 14.7. The van der Waals surface area contributed by atoms with Crippen LogP contribution in [0.4, 0.5) is 10.6 Å². The van der Waals surface area contributed by atoms with E-state index in [0.29, 0.717) is 57.4 Å². The number of hydrogen-bond donors (Lipinski definition) is 2. The molecule has 0 atom stereocenters. The van der Waals surface area contributed by atoms with Gasteiger partial charge in [-0.05, 0) is 144 Å². The van der Waals surface area contributed by atoms with Gasteiger partial charge in [-0.2, -0.15) is 5.10 Å². The summed E-state index contributed by atoms with van der Waals surface area (Å²) in [7, 11) is 1.73. The molecule has 3 aromatic rings. The number of carbonyl (C=O) groups is 2. The number of nitrogens with zero attached hydrogens (tertiary/aromatic N) is 5. The molecule has 10 nitrogen and oxygen atoms in total. The minimum absolute atomic E-state index is 0.0309. The van der Waals surface area contributed by atoms with E-state index < -0.39 is 6.09 Å². The molecule has 2 aromatic heterocycles. The van der Waals surface area contributed by atoms with Gasteiger partial charge in [0, 0.05) is 55.7 Å². The van der Waals surface area contributed by atoms with E-state index in [4.69, 9.17) is 9.72 Å². The van der Waals surface area contributed by atoms with Crippen LogP contribution in [0.15, 0.2) is 48.9 Å². The topological polar surface area (TPSA) is 121 Å². The van der Waals surface area contributed by atoms with E-state index in [-0.39, 0.29) is 41.3 Å². The number of unbranched alkanes of at least 4 members (excludes halogenated alkanes) is 1. The molecular weight excluding hydrogens is 630 g/mol. The molecule has 2 amide bonds. The van der Waals surface area contributed by atoms with Gasteiger partial charge in [-0.25, -0.2) is 9.78 Å². The largest absolute Gasteiger partial charge is 0.496 e. The molecule has 270 valence electrons. The molecule has 7 rings (SSSR count). The quantitative estimate of drug-likeness (QED) is 0.176. The van der Waals surface area contributed by atoms with Gasteiger partial charge < -0.3 is 19.8 Å². The van der Waals surface area contributed by atoms with Crippen molar-refractivity contribution in [2.24, 2.45) is 11.3 Å². The van der Waals surface area contributed by atoms with Crippen LogP contribution in [0.2, 0.25) is 0 Å².